The molecule has 1 atom stereocenters. The molecule has 2 nitrogen and oxygen atoms in total. The van der Waals surface area contributed by atoms with Crippen LogP contribution in [0.25, 0.3) is 0 Å². The number of unbranched alkanes of at least 4 members (excludes halogenated alkanes) is 2. The highest BCUT2D eigenvalue weighted by Crippen LogP contribution is 2.30. The molecule has 1 saturated heterocycles. The first-order valence-corrected chi connectivity index (χ1v) is 7.83. The zero-order chi connectivity index (χ0) is 15.9. The lowest BCUT2D eigenvalue weighted by molar-refractivity contribution is 0.159. The summed E-state index contributed by atoms with van der Waals surface area (Å²) in [6.45, 7) is 6.91. The molecule has 0 aliphatic carbocycles. The van der Waals surface area contributed by atoms with Gasteiger partial charge in [-0.2, -0.15) is 0 Å². The minimum absolute atomic E-state index is 0. The molecule has 0 bridgehead atoms. The summed E-state index contributed by atoms with van der Waals surface area (Å²) >= 11 is 0. The second-order valence-corrected chi connectivity index (χ2v) is 5.66. The number of halogens is 4. The maximum atomic E-state index is 14.1. The van der Waals surface area contributed by atoms with E-state index in [1.54, 1.807) is 0 Å². The Labute approximate surface area is 142 Å². The summed E-state index contributed by atoms with van der Waals surface area (Å²) in [4.78, 5) is 2.15. The lowest BCUT2D eigenvalue weighted by Crippen LogP contribution is -2.45. The molecule has 1 fully saturated rings. The molecule has 1 aliphatic heterocycles. The molecule has 0 unspecified atom stereocenters. The van der Waals surface area contributed by atoms with Crippen molar-refractivity contribution in [3.63, 3.8) is 0 Å². The molecule has 1 aliphatic rings. The Balaban J connectivity index is 0.00000264. The van der Waals surface area contributed by atoms with Crippen molar-refractivity contribution in [1.82, 2.24) is 10.2 Å². The summed E-state index contributed by atoms with van der Waals surface area (Å²) in [5, 5.41) is 3.25. The van der Waals surface area contributed by atoms with Gasteiger partial charge in [0.1, 0.15) is 5.82 Å². The number of benzene rings is 1. The van der Waals surface area contributed by atoms with Crippen molar-refractivity contribution in [2.75, 3.05) is 26.2 Å². The van der Waals surface area contributed by atoms with Crippen LogP contribution < -0.4 is 5.32 Å². The van der Waals surface area contributed by atoms with E-state index in [2.05, 4.69) is 16.8 Å². The van der Waals surface area contributed by atoms with Crippen LogP contribution in [0, 0.1) is 17.5 Å². The molecule has 1 N–H and O–H groups in total. The fourth-order valence-electron chi connectivity index (χ4n) is 2.95. The van der Waals surface area contributed by atoms with Gasteiger partial charge in [0.2, 0.25) is 0 Å². The smallest absolute Gasteiger partial charge is 0.161 e. The lowest BCUT2D eigenvalue weighted by Gasteiger charge is -2.35. The topological polar surface area (TPSA) is 15.3 Å². The Morgan fingerprint density at radius 2 is 1.74 bits per heavy atom. The van der Waals surface area contributed by atoms with E-state index < -0.39 is 17.5 Å². The van der Waals surface area contributed by atoms with Crippen molar-refractivity contribution in [2.24, 2.45) is 0 Å². The monoisotopic (exact) mass is 348 g/mol. The van der Waals surface area contributed by atoms with Gasteiger partial charge in [0, 0.05) is 43.9 Å². The lowest BCUT2D eigenvalue weighted by atomic mass is 9.97. The number of hydrogen-bond acceptors (Lipinski definition) is 2. The van der Waals surface area contributed by atoms with Gasteiger partial charge in [0.05, 0.1) is 0 Å². The molecule has 0 saturated carbocycles. The fourth-order valence-corrected chi connectivity index (χ4v) is 2.95. The van der Waals surface area contributed by atoms with Gasteiger partial charge in [-0.25, -0.2) is 13.2 Å². The summed E-state index contributed by atoms with van der Waals surface area (Å²) in [5.74, 6) is -2.78. The number of allylic oxidation sites excluding steroid dienone is 1. The first kappa shape index (κ1) is 20.0. The van der Waals surface area contributed by atoms with Crippen LogP contribution in [0.5, 0.6) is 0 Å². The maximum Gasteiger partial charge on any atom is 0.161 e. The number of nitrogens with zero attached hydrogens (tertiary/aromatic N) is 1. The molecule has 0 amide bonds. The molecule has 0 radical (unpaired) electrons. The zero-order valence-corrected chi connectivity index (χ0v) is 14.0. The minimum Gasteiger partial charge on any atom is -0.314 e. The molecule has 130 valence electrons. The van der Waals surface area contributed by atoms with Crippen LogP contribution in [0.1, 0.15) is 37.3 Å². The predicted octanol–water partition coefficient (Wildman–Crippen LogP) is 4.22. The molecule has 1 heterocycles. The molecule has 0 spiro atoms. The highest BCUT2D eigenvalue weighted by molar-refractivity contribution is 5.85. The Bertz CT molecular complexity index is 505. The van der Waals surface area contributed by atoms with Gasteiger partial charge >= 0.3 is 0 Å². The largest absolute Gasteiger partial charge is 0.314 e. The Morgan fingerprint density at radius 1 is 1.09 bits per heavy atom. The molecule has 1 aromatic rings. The van der Waals surface area contributed by atoms with Crippen molar-refractivity contribution in [3.05, 3.63) is 47.8 Å². The van der Waals surface area contributed by atoms with E-state index >= 15 is 0 Å². The van der Waals surface area contributed by atoms with Crippen LogP contribution >= 0.6 is 12.4 Å². The van der Waals surface area contributed by atoms with Crippen LogP contribution in [-0.2, 0) is 0 Å². The van der Waals surface area contributed by atoms with E-state index in [1.807, 2.05) is 6.08 Å². The molecule has 1 aromatic carbocycles. The number of rotatable bonds is 7. The van der Waals surface area contributed by atoms with Gasteiger partial charge < -0.3 is 5.32 Å². The summed E-state index contributed by atoms with van der Waals surface area (Å²) in [6.07, 6.45) is 5.37. The summed E-state index contributed by atoms with van der Waals surface area (Å²) < 4.78 is 40.9. The van der Waals surface area contributed by atoms with Gasteiger partial charge in [-0.15, -0.1) is 19.0 Å². The summed E-state index contributed by atoms with van der Waals surface area (Å²) in [6, 6.07) is 1.47. The van der Waals surface area contributed by atoms with Crippen molar-refractivity contribution in [3.8, 4) is 0 Å². The second kappa shape index (κ2) is 9.96. The Kier molecular flexibility index (Phi) is 8.66. The predicted molar refractivity (Wildman–Crippen MR) is 89.4 cm³/mol. The normalized spacial score (nSPS) is 16.7. The molecule has 2 rings (SSSR count). The van der Waals surface area contributed by atoms with Crippen molar-refractivity contribution >= 4 is 12.4 Å². The van der Waals surface area contributed by atoms with E-state index in [1.165, 1.54) is 0 Å². The molecule has 6 heteroatoms. The maximum absolute atomic E-state index is 14.1. The van der Waals surface area contributed by atoms with Gasteiger partial charge in [-0.3, -0.25) is 4.90 Å². The van der Waals surface area contributed by atoms with E-state index in [4.69, 9.17) is 0 Å². The van der Waals surface area contributed by atoms with Gasteiger partial charge in [0.25, 0.3) is 0 Å². The third-order valence-corrected chi connectivity index (χ3v) is 4.13. The Hall–Kier alpha value is -1.04. The van der Waals surface area contributed by atoms with E-state index in [0.717, 1.165) is 57.9 Å². The average Bonchev–Trinajstić information content (AvgIpc) is 2.52. The van der Waals surface area contributed by atoms with Crippen molar-refractivity contribution < 1.29 is 13.2 Å². The standard InChI is InChI=1S/C17H23F3N2.ClH/c1-2-3-4-5-6-17(22-9-7-21-8-10-22)13-11-15(19)16(20)12-14(13)18;/h2,11-12,17,21H,1,3-10H2;1H/t17-;/m1./s1. The summed E-state index contributed by atoms with van der Waals surface area (Å²) in [5.41, 5.74) is 0.263. The van der Waals surface area contributed by atoms with Gasteiger partial charge in [0.15, 0.2) is 11.6 Å². The van der Waals surface area contributed by atoms with Crippen molar-refractivity contribution in [1.29, 1.82) is 0 Å². The van der Waals surface area contributed by atoms with E-state index in [0.29, 0.717) is 6.07 Å². The molecular formula is C17H24ClF3N2. The molecular weight excluding hydrogens is 325 g/mol. The quantitative estimate of drug-likeness (QED) is 0.451. The van der Waals surface area contributed by atoms with Crippen LogP contribution in [0.3, 0.4) is 0 Å². The van der Waals surface area contributed by atoms with Crippen LogP contribution in [0.4, 0.5) is 13.2 Å². The number of hydrogen-bond donors (Lipinski definition) is 1. The first-order chi connectivity index (χ1) is 10.6. The van der Waals surface area contributed by atoms with E-state index in [-0.39, 0.29) is 24.0 Å². The highest BCUT2D eigenvalue weighted by atomic mass is 35.5. The third-order valence-electron chi connectivity index (χ3n) is 4.13. The zero-order valence-electron chi connectivity index (χ0n) is 13.2. The number of piperazine rings is 1. The molecule has 23 heavy (non-hydrogen) atoms. The highest BCUT2D eigenvalue weighted by Gasteiger charge is 2.25. The SMILES string of the molecule is C=CCCCC[C@H](c1cc(F)c(F)cc1F)N1CCNCC1.Cl. The molecule has 0 aromatic heterocycles. The third kappa shape index (κ3) is 5.52. The fraction of sp³-hybridized carbons (Fsp3) is 0.529. The van der Waals surface area contributed by atoms with Crippen LogP contribution in [-0.4, -0.2) is 31.1 Å². The average molecular weight is 349 g/mol. The second-order valence-electron chi connectivity index (χ2n) is 5.66. The van der Waals surface area contributed by atoms with Crippen LogP contribution in [0.15, 0.2) is 24.8 Å². The van der Waals surface area contributed by atoms with Crippen LogP contribution in [0.2, 0.25) is 0 Å². The van der Waals surface area contributed by atoms with Crippen molar-refractivity contribution in [2.45, 2.75) is 31.7 Å². The number of nitrogens with one attached hydrogen (secondary N) is 1. The first-order valence-electron chi connectivity index (χ1n) is 7.83. The van der Waals surface area contributed by atoms with Gasteiger partial charge in [-0.1, -0.05) is 12.5 Å². The Morgan fingerprint density at radius 3 is 2.39 bits per heavy atom. The minimum atomic E-state index is -1.13. The van der Waals surface area contributed by atoms with E-state index in [9.17, 15) is 13.2 Å². The summed E-state index contributed by atoms with van der Waals surface area (Å²) in [7, 11) is 0. The van der Waals surface area contributed by atoms with Gasteiger partial charge in [-0.05, 0) is 25.3 Å².